The lowest BCUT2D eigenvalue weighted by Gasteiger charge is -2.25. The molecule has 0 saturated heterocycles. The van der Waals surface area contributed by atoms with E-state index in [4.69, 9.17) is 0 Å². The second-order valence-corrected chi connectivity index (χ2v) is 5.72. The van der Waals surface area contributed by atoms with Crippen molar-refractivity contribution in [3.8, 4) is 0 Å². The molecule has 0 aliphatic carbocycles. The van der Waals surface area contributed by atoms with Gasteiger partial charge in [-0.05, 0) is 38.8 Å². The molecule has 0 bridgehead atoms. The van der Waals surface area contributed by atoms with Gasteiger partial charge in [0.15, 0.2) is 5.16 Å². The number of nitrogens with one attached hydrogen (secondary N) is 1. The van der Waals surface area contributed by atoms with E-state index >= 15 is 0 Å². The van der Waals surface area contributed by atoms with Gasteiger partial charge in [0.2, 0.25) is 0 Å². The topological polar surface area (TPSA) is 75.1 Å². The lowest BCUT2D eigenvalue weighted by atomic mass is 9.96. The molecule has 0 saturated carbocycles. The number of carbonyl (C=O) groups is 1. The maximum atomic E-state index is 11.2. The normalized spacial score (nSPS) is 14.1. The first kappa shape index (κ1) is 15.9. The van der Waals surface area contributed by atoms with E-state index < -0.39 is 11.5 Å². The number of hydrogen-bond donors (Lipinski definition) is 2. The van der Waals surface area contributed by atoms with Crippen molar-refractivity contribution in [1.82, 2.24) is 15.3 Å². The summed E-state index contributed by atoms with van der Waals surface area (Å²) in [5.74, 6) is 0.0167. The molecule has 0 aliphatic heterocycles. The Balaban J connectivity index is 2.36. The predicted molar refractivity (Wildman–Crippen MR) is 76.4 cm³/mol. The van der Waals surface area contributed by atoms with Crippen LogP contribution < -0.4 is 5.32 Å². The van der Waals surface area contributed by atoms with Crippen LogP contribution in [-0.4, -0.2) is 38.9 Å². The van der Waals surface area contributed by atoms with Gasteiger partial charge in [0, 0.05) is 18.1 Å². The molecule has 19 heavy (non-hydrogen) atoms. The van der Waals surface area contributed by atoms with Crippen molar-refractivity contribution in [3.63, 3.8) is 0 Å². The summed E-state index contributed by atoms with van der Waals surface area (Å²) in [6.07, 6.45) is 4.97. The number of carboxylic acids is 1. The molecule has 106 valence electrons. The zero-order valence-corrected chi connectivity index (χ0v) is 12.5. The minimum absolute atomic E-state index is 0.592. The van der Waals surface area contributed by atoms with Gasteiger partial charge in [0.1, 0.15) is 5.54 Å². The molecular weight excluding hydrogens is 262 g/mol. The largest absolute Gasteiger partial charge is 0.480 e. The number of aromatic nitrogens is 2. The molecule has 1 aromatic heterocycles. The highest BCUT2D eigenvalue weighted by Gasteiger charge is 2.31. The quantitative estimate of drug-likeness (QED) is 0.432. The fourth-order valence-electron chi connectivity index (χ4n) is 1.71. The van der Waals surface area contributed by atoms with Gasteiger partial charge in [-0.15, -0.1) is 0 Å². The molecule has 0 radical (unpaired) electrons. The Morgan fingerprint density at radius 3 is 2.63 bits per heavy atom. The Kier molecular flexibility index (Phi) is 6.24. The van der Waals surface area contributed by atoms with Crippen LogP contribution in [-0.2, 0) is 4.79 Å². The first-order chi connectivity index (χ1) is 8.98. The molecule has 1 heterocycles. The molecule has 0 spiro atoms. The smallest absolute Gasteiger partial charge is 0.323 e. The summed E-state index contributed by atoms with van der Waals surface area (Å²) in [6, 6.07) is 0. The standard InChI is InChI=1S/C13H21N3O2S/c1-4-16-13(3,11(17)18)6-5-7-19-12-14-8-10(2)9-15-12/h8-9,16H,4-7H2,1-3H3,(H,17,18). The van der Waals surface area contributed by atoms with Crippen molar-refractivity contribution in [2.75, 3.05) is 12.3 Å². The summed E-state index contributed by atoms with van der Waals surface area (Å²) in [6.45, 7) is 6.24. The zero-order chi connectivity index (χ0) is 14.3. The second-order valence-electron chi connectivity index (χ2n) is 4.66. The van der Waals surface area contributed by atoms with Crippen LogP contribution in [0.25, 0.3) is 0 Å². The molecule has 1 rings (SSSR count). The Hall–Kier alpha value is -1.14. The second kappa shape index (κ2) is 7.45. The molecule has 1 aromatic rings. The lowest BCUT2D eigenvalue weighted by Crippen LogP contribution is -2.49. The van der Waals surface area contributed by atoms with E-state index in [0.717, 1.165) is 22.9 Å². The molecule has 0 aromatic carbocycles. The van der Waals surface area contributed by atoms with Crippen molar-refractivity contribution < 1.29 is 9.90 Å². The Labute approximate surface area is 118 Å². The third kappa shape index (κ3) is 5.16. The number of likely N-dealkylation sites (N-methyl/N-ethyl adjacent to an activating group) is 1. The summed E-state index contributed by atoms with van der Waals surface area (Å²) in [7, 11) is 0. The molecule has 0 amide bonds. The third-order valence-corrected chi connectivity index (χ3v) is 3.81. The van der Waals surface area contributed by atoms with Gasteiger partial charge in [0.25, 0.3) is 0 Å². The molecule has 5 nitrogen and oxygen atoms in total. The lowest BCUT2D eigenvalue weighted by molar-refractivity contribution is -0.144. The molecule has 6 heteroatoms. The van der Waals surface area contributed by atoms with Crippen LogP contribution in [0.3, 0.4) is 0 Å². The van der Waals surface area contributed by atoms with Gasteiger partial charge in [-0.3, -0.25) is 4.79 Å². The summed E-state index contributed by atoms with van der Waals surface area (Å²) in [5, 5.41) is 13.0. The van der Waals surface area contributed by atoms with Gasteiger partial charge >= 0.3 is 5.97 Å². The van der Waals surface area contributed by atoms with Gasteiger partial charge in [-0.1, -0.05) is 18.7 Å². The van der Waals surface area contributed by atoms with E-state index in [1.807, 2.05) is 13.8 Å². The third-order valence-electron chi connectivity index (χ3n) is 2.85. The highest BCUT2D eigenvalue weighted by Crippen LogP contribution is 2.18. The van der Waals surface area contributed by atoms with Crippen LogP contribution in [0.4, 0.5) is 0 Å². The van der Waals surface area contributed by atoms with Crippen LogP contribution in [0.15, 0.2) is 17.6 Å². The Morgan fingerprint density at radius 1 is 1.47 bits per heavy atom. The first-order valence-corrected chi connectivity index (χ1v) is 7.36. The number of rotatable bonds is 8. The zero-order valence-electron chi connectivity index (χ0n) is 11.6. The van der Waals surface area contributed by atoms with E-state index in [1.54, 1.807) is 31.1 Å². The molecule has 1 atom stereocenters. The van der Waals surface area contributed by atoms with Crippen LogP contribution >= 0.6 is 11.8 Å². The van der Waals surface area contributed by atoms with Gasteiger partial charge in [-0.25, -0.2) is 9.97 Å². The summed E-state index contributed by atoms with van der Waals surface area (Å²) in [4.78, 5) is 19.6. The van der Waals surface area contributed by atoms with Crippen LogP contribution in [0.2, 0.25) is 0 Å². The predicted octanol–water partition coefficient (Wildman–Crippen LogP) is 2.11. The van der Waals surface area contributed by atoms with Crippen LogP contribution in [0.1, 0.15) is 32.3 Å². The fraction of sp³-hybridized carbons (Fsp3) is 0.615. The number of hydrogen-bond acceptors (Lipinski definition) is 5. The van der Waals surface area contributed by atoms with Crippen molar-refractivity contribution in [2.45, 2.75) is 44.3 Å². The highest BCUT2D eigenvalue weighted by atomic mass is 32.2. The molecule has 0 aliphatic rings. The minimum atomic E-state index is -0.844. The van der Waals surface area contributed by atoms with Gasteiger partial charge in [0.05, 0.1) is 0 Å². The monoisotopic (exact) mass is 283 g/mol. The SMILES string of the molecule is CCNC(C)(CCCSc1ncc(C)cn1)C(=O)O. The van der Waals surface area contributed by atoms with Gasteiger partial charge < -0.3 is 10.4 Å². The number of aryl methyl sites for hydroxylation is 1. The number of nitrogens with zero attached hydrogens (tertiary/aromatic N) is 2. The number of carboxylic acid groups (broad SMARTS) is 1. The first-order valence-electron chi connectivity index (χ1n) is 6.38. The maximum absolute atomic E-state index is 11.2. The molecular formula is C13H21N3O2S. The molecule has 0 fully saturated rings. The van der Waals surface area contributed by atoms with Crippen molar-refractivity contribution in [3.05, 3.63) is 18.0 Å². The average molecular weight is 283 g/mol. The van der Waals surface area contributed by atoms with Crippen LogP contribution in [0.5, 0.6) is 0 Å². The van der Waals surface area contributed by atoms with Crippen molar-refractivity contribution in [2.24, 2.45) is 0 Å². The number of aliphatic carboxylic acids is 1. The van der Waals surface area contributed by atoms with Gasteiger partial charge in [-0.2, -0.15) is 0 Å². The fourth-order valence-corrected chi connectivity index (χ4v) is 2.43. The summed E-state index contributed by atoms with van der Waals surface area (Å²) < 4.78 is 0. The Bertz CT molecular complexity index is 411. The highest BCUT2D eigenvalue weighted by molar-refractivity contribution is 7.99. The Morgan fingerprint density at radius 2 is 2.11 bits per heavy atom. The average Bonchev–Trinajstić information content (AvgIpc) is 2.37. The van der Waals surface area contributed by atoms with E-state index in [-0.39, 0.29) is 0 Å². The van der Waals surface area contributed by atoms with E-state index in [1.165, 1.54) is 0 Å². The minimum Gasteiger partial charge on any atom is -0.480 e. The van der Waals surface area contributed by atoms with E-state index in [2.05, 4.69) is 15.3 Å². The number of thioether (sulfide) groups is 1. The van der Waals surface area contributed by atoms with E-state index in [9.17, 15) is 9.90 Å². The van der Waals surface area contributed by atoms with Crippen molar-refractivity contribution in [1.29, 1.82) is 0 Å². The molecule has 2 N–H and O–H groups in total. The summed E-state index contributed by atoms with van der Waals surface area (Å²) in [5.41, 5.74) is 0.193. The van der Waals surface area contributed by atoms with Crippen molar-refractivity contribution >= 4 is 17.7 Å². The molecule has 1 unspecified atom stereocenters. The summed E-state index contributed by atoms with van der Waals surface area (Å²) >= 11 is 1.56. The maximum Gasteiger partial charge on any atom is 0.323 e. The van der Waals surface area contributed by atoms with E-state index in [0.29, 0.717) is 13.0 Å². The van der Waals surface area contributed by atoms with Crippen LogP contribution in [0, 0.1) is 6.92 Å².